The minimum absolute atomic E-state index is 0.0311. The van der Waals surface area contributed by atoms with Crippen molar-refractivity contribution in [3.63, 3.8) is 0 Å². The molecule has 0 aliphatic rings. The van der Waals surface area contributed by atoms with E-state index in [9.17, 15) is 4.79 Å². The molecule has 3 rings (SSSR count). The largest absolute Gasteiger partial charge is 0.394 e. The van der Waals surface area contributed by atoms with Gasteiger partial charge in [-0.1, -0.05) is 6.07 Å². The lowest BCUT2D eigenvalue weighted by Crippen LogP contribution is -2.31. The van der Waals surface area contributed by atoms with Crippen molar-refractivity contribution in [3.05, 3.63) is 46.8 Å². The van der Waals surface area contributed by atoms with Crippen molar-refractivity contribution >= 4 is 17.1 Å². The summed E-state index contributed by atoms with van der Waals surface area (Å²) in [6.07, 6.45) is 3.70. The van der Waals surface area contributed by atoms with Crippen molar-refractivity contribution in [3.8, 4) is 0 Å². The number of aliphatic hydroxyl groups is 1. The maximum atomic E-state index is 12.6. The van der Waals surface area contributed by atoms with Gasteiger partial charge in [0.15, 0.2) is 17.4 Å². The Morgan fingerprint density at radius 3 is 3.09 bits per heavy atom. The molecule has 1 atom stereocenters. The minimum atomic E-state index is -0.839. The highest BCUT2D eigenvalue weighted by atomic mass is 16.5. The second-order valence-electron chi connectivity index (χ2n) is 4.48. The number of nitrogen functional groups attached to an aromatic ring is 1. The summed E-state index contributed by atoms with van der Waals surface area (Å²) in [4.78, 5) is 27.4. The first-order valence-electron chi connectivity index (χ1n) is 6.56. The highest BCUT2D eigenvalue weighted by molar-refractivity contribution is 5.69. The molecule has 9 nitrogen and oxygen atoms in total. The summed E-state index contributed by atoms with van der Waals surface area (Å²) in [6.45, 7) is -0.155. The highest BCUT2D eigenvalue weighted by Crippen LogP contribution is 2.20. The number of aliphatic hydroxyl groups excluding tert-OH is 1. The van der Waals surface area contributed by atoms with Crippen LogP contribution in [-0.2, 0) is 4.74 Å². The smallest absolute Gasteiger partial charge is 0.283 e. The Kier molecular flexibility index (Phi) is 3.81. The number of hydrogen-bond acceptors (Lipinski definition) is 7. The van der Waals surface area contributed by atoms with Crippen molar-refractivity contribution in [2.45, 2.75) is 6.23 Å². The summed E-state index contributed by atoms with van der Waals surface area (Å²) in [5.74, 6) is -0.0311. The second-order valence-corrected chi connectivity index (χ2v) is 4.48. The molecule has 0 fully saturated rings. The van der Waals surface area contributed by atoms with Gasteiger partial charge in [0.1, 0.15) is 0 Å². The lowest BCUT2D eigenvalue weighted by atomic mass is 10.2. The predicted molar refractivity (Wildman–Crippen MR) is 78.0 cm³/mol. The number of aromatic nitrogens is 5. The predicted octanol–water partition coefficient (Wildman–Crippen LogP) is -0.347. The molecule has 4 N–H and O–H groups in total. The first kappa shape index (κ1) is 14.2. The zero-order valence-electron chi connectivity index (χ0n) is 11.5. The van der Waals surface area contributed by atoms with Crippen LogP contribution in [-0.4, -0.2) is 42.8 Å². The fourth-order valence-electron chi connectivity index (χ4n) is 2.15. The van der Waals surface area contributed by atoms with E-state index >= 15 is 0 Å². The van der Waals surface area contributed by atoms with Gasteiger partial charge >= 0.3 is 0 Å². The number of H-pyrrole nitrogens is 1. The molecule has 0 amide bonds. The van der Waals surface area contributed by atoms with Crippen molar-refractivity contribution in [2.75, 3.05) is 18.9 Å². The molecule has 9 heteroatoms. The molecule has 3 heterocycles. The fraction of sp³-hybridized carbons (Fsp3) is 0.231. The lowest BCUT2D eigenvalue weighted by molar-refractivity contribution is 0.00969. The third-order valence-electron chi connectivity index (χ3n) is 3.09. The molecular weight excluding hydrogens is 288 g/mol. The zero-order chi connectivity index (χ0) is 15.5. The monoisotopic (exact) mass is 302 g/mol. The first-order valence-corrected chi connectivity index (χ1v) is 6.56. The molecule has 1 unspecified atom stereocenters. The van der Waals surface area contributed by atoms with Crippen molar-refractivity contribution < 1.29 is 9.84 Å². The average molecular weight is 302 g/mol. The van der Waals surface area contributed by atoms with Gasteiger partial charge < -0.3 is 20.6 Å². The summed E-state index contributed by atoms with van der Waals surface area (Å²) in [7, 11) is 0. The molecule has 0 aliphatic carbocycles. The van der Waals surface area contributed by atoms with E-state index in [1.165, 1.54) is 10.9 Å². The van der Waals surface area contributed by atoms with Gasteiger partial charge in [0.05, 0.1) is 19.5 Å². The van der Waals surface area contributed by atoms with E-state index in [0.29, 0.717) is 5.56 Å². The zero-order valence-corrected chi connectivity index (χ0v) is 11.5. The fourth-order valence-corrected chi connectivity index (χ4v) is 2.15. The molecule has 0 aromatic carbocycles. The van der Waals surface area contributed by atoms with E-state index in [4.69, 9.17) is 15.6 Å². The molecule has 0 radical (unpaired) electrons. The molecule has 0 bridgehead atoms. The van der Waals surface area contributed by atoms with Crippen LogP contribution in [0.4, 0.5) is 5.95 Å². The van der Waals surface area contributed by atoms with Crippen LogP contribution < -0.4 is 11.3 Å². The Balaban J connectivity index is 2.17. The molecule has 0 aliphatic heterocycles. The van der Waals surface area contributed by atoms with Crippen LogP contribution in [0.15, 0.2) is 35.6 Å². The normalized spacial score (nSPS) is 12.6. The topological polar surface area (TPSA) is 132 Å². The van der Waals surface area contributed by atoms with Gasteiger partial charge in [-0.25, -0.2) is 9.55 Å². The summed E-state index contributed by atoms with van der Waals surface area (Å²) >= 11 is 0. The van der Waals surface area contributed by atoms with Crippen molar-refractivity contribution in [2.24, 2.45) is 0 Å². The number of imidazole rings is 1. The number of anilines is 1. The summed E-state index contributed by atoms with van der Waals surface area (Å²) in [6, 6.07) is 3.46. The highest BCUT2D eigenvalue weighted by Gasteiger charge is 2.21. The van der Waals surface area contributed by atoms with Gasteiger partial charge in [-0.15, -0.1) is 0 Å². The van der Waals surface area contributed by atoms with Crippen LogP contribution in [0.3, 0.4) is 0 Å². The molecular formula is C13H14N6O3. The van der Waals surface area contributed by atoms with Crippen LogP contribution >= 0.6 is 0 Å². The quantitative estimate of drug-likeness (QED) is 0.587. The van der Waals surface area contributed by atoms with Crippen LogP contribution in [0.25, 0.3) is 11.2 Å². The Labute approximate surface area is 124 Å². The summed E-state index contributed by atoms with van der Waals surface area (Å²) < 4.78 is 6.77. The van der Waals surface area contributed by atoms with E-state index < -0.39 is 11.8 Å². The van der Waals surface area contributed by atoms with Crippen LogP contribution in [0, 0.1) is 0 Å². The van der Waals surface area contributed by atoms with Gasteiger partial charge in [0.25, 0.3) is 5.56 Å². The van der Waals surface area contributed by atoms with Gasteiger partial charge in [-0.05, 0) is 6.07 Å². The van der Waals surface area contributed by atoms with E-state index in [-0.39, 0.29) is 30.3 Å². The molecule has 3 aromatic heterocycles. The minimum Gasteiger partial charge on any atom is -0.394 e. The molecule has 114 valence electrons. The van der Waals surface area contributed by atoms with Crippen LogP contribution in [0.2, 0.25) is 0 Å². The number of rotatable bonds is 5. The number of nitrogens with two attached hydrogens (primary N) is 1. The SMILES string of the molecule is Nc1nc2nc[nH]c2c(=O)n1C(OCCO)c1cccnc1. The lowest BCUT2D eigenvalue weighted by Gasteiger charge is -2.21. The number of fused-ring (bicyclic) bond motifs is 1. The number of pyridine rings is 1. The van der Waals surface area contributed by atoms with E-state index in [0.717, 1.165) is 0 Å². The number of nitrogens with zero attached hydrogens (tertiary/aromatic N) is 4. The third-order valence-corrected chi connectivity index (χ3v) is 3.09. The molecule has 0 spiro atoms. The van der Waals surface area contributed by atoms with Gasteiger partial charge in [-0.2, -0.15) is 4.98 Å². The summed E-state index contributed by atoms with van der Waals surface area (Å²) in [5, 5.41) is 9.00. The third kappa shape index (κ3) is 2.43. The van der Waals surface area contributed by atoms with Crippen molar-refractivity contribution in [1.29, 1.82) is 0 Å². The van der Waals surface area contributed by atoms with Gasteiger partial charge in [0.2, 0.25) is 5.95 Å². The van der Waals surface area contributed by atoms with Crippen LogP contribution in [0.1, 0.15) is 11.8 Å². The first-order chi connectivity index (χ1) is 10.7. The van der Waals surface area contributed by atoms with E-state index in [1.54, 1.807) is 24.5 Å². The average Bonchev–Trinajstić information content (AvgIpc) is 2.99. The maximum Gasteiger partial charge on any atom is 0.283 e. The molecule has 0 saturated heterocycles. The second kappa shape index (κ2) is 5.92. The molecule has 22 heavy (non-hydrogen) atoms. The standard InChI is InChI=1S/C13H14N6O3/c14-13-18-10-9(16-7-17-10)11(21)19(13)12(22-5-4-20)8-2-1-3-15-6-8/h1-3,6-7,12,20H,4-5H2,(H2,14,18)(H,16,17). The Morgan fingerprint density at radius 1 is 1.50 bits per heavy atom. The number of aromatic amines is 1. The maximum absolute atomic E-state index is 12.6. The number of ether oxygens (including phenoxy) is 1. The van der Waals surface area contributed by atoms with Crippen molar-refractivity contribution in [1.82, 2.24) is 24.5 Å². The molecule has 0 saturated carbocycles. The van der Waals surface area contributed by atoms with E-state index in [2.05, 4.69) is 19.9 Å². The Hall–Kier alpha value is -2.78. The van der Waals surface area contributed by atoms with Gasteiger partial charge in [0, 0.05) is 18.0 Å². The number of nitrogens with one attached hydrogen (secondary N) is 1. The number of hydrogen-bond donors (Lipinski definition) is 3. The van der Waals surface area contributed by atoms with Crippen LogP contribution in [0.5, 0.6) is 0 Å². The Bertz CT molecular complexity index is 829. The molecule has 3 aromatic rings. The van der Waals surface area contributed by atoms with E-state index in [1.807, 2.05) is 0 Å². The van der Waals surface area contributed by atoms with Gasteiger partial charge in [-0.3, -0.25) is 9.78 Å². The summed E-state index contributed by atoms with van der Waals surface area (Å²) in [5.41, 5.74) is 6.57. The Morgan fingerprint density at radius 2 is 2.36 bits per heavy atom.